The number of oxime groups is 1. The number of anilines is 1. The first-order chi connectivity index (χ1) is 10.2. The van der Waals surface area contributed by atoms with Crippen molar-refractivity contribution in [3.63, 3.8) is 0 Å². The van der Waals surface area contributed by atoms with Gasteiger partial charge in [0.2, 0.25) is 0 Å². The maximum Gasteiger partial charge on any atom is 0.172 e. The van der Waals surface area contributed by atoms with E-state index in [-0.39, 0.29) is 12.4 Å². The Morgan fingerprint density at radius 1 is 1.29 bits per heavy atom. The van der Waals surface area contributed by atoms with Gasteiger partial charge in [0.1, 0.15) is 0 Å². The highest BCUT2D eigenvalue weighted by molar-refractivity contribution is 9.10. The monoisotopic (exact) mass is 356 g/mol. The predicted octanol–water partition coefficient (Wildman–Crippen LogP) is 1.05. The first kappa shape index (κ1) is 16.1. The van der Waals surface area contributed by atoms with Crippen LogP contribution < -0.4 is 10.6 Å². The average molecular weight is 357 g/mol. The average Bonchev–Trinajstić information content (AvgIpc) is 2.72. The maximum absolute atomic E-state index is 9.05. The molecular weight excluding hydrogens is 336 g/mol. The molecule has 1 saturated heterocycles. The Kier molecular flexibility index (Phi) is 5.84. The lowest BCUT2D eigenvalue weighted by Crippen LogP contribution is -2.33. The smallest absolute Gasteiger partial charge is 0.172 e. The largest absolute Gasteiger partial charge is 0.409 e. The number of nitrogens with zero attached hydrogens (tertiary/aromatic N) is 3. The Balaban J connectivity index is 2.21. The fourth-order valence-electron chi connectivity index (χ4n) is 2.62. The molecule has 116 valence electrons. The third-order valence-electron chi connectivity index (χ3n) is 3.69. The van der Waals surface area contributed by atoms with Crippen LogP contribution in [0.15, 0.2) is 27.8 Å². The van der Waals surface area contributed by atoms with Gasteiger partial charge in [-0.05, 0) is 31.2 Å². The van der Waals surface area contributed by atoms with Crippen molar-refractivity contribution < 1.29 is 10.3 Å². The number of rotatable bonds is 4. The van der Waals surface area contributed by atoms with Crippen molar-refractivity contribution in [2.24, 2.45) is 10.9 Å². The molecule has 6 nitrogen and oxygen atoms in total. The van der Waals surface area contributed by atoms with Crippen LogP contribution in [0.5, 0.6) is 0 Å². The van der Waals surface area contributed by atoms with E-state index in [1.165, 1.54) is 0 Å². The first-order valence-electron chi connectivity index (χ1n) is 7.01. The minimum Gasteiger partial charge on any atom is -0.409 e. The second kappa shape index (κ2) is 7.63. The lowest BCUT2D eigenvalue weighted by Gasteiger charge is -2.25. The first-order valence-corrected chi connectivity index (χ1v) is 7.80. The summed E-state index contributed by atoms with van der Waals surface area (Å²) in [5, 5.41) is 21.1. The van der Waals surface area contributed by atoms with Gasteiger partial charge < -0.3 is 20.9 Å². The standard InChI is InChI=1S/C14H21BrN4O2/c15-11-2-3-13(12(10-11)14(16)17-21)19-5-1-4-18(6-7-19)8-9-20/h2-3,10,20-21H,1,4-9H2,(H2,16,17). The summed E-state index contributed by atoms with van der Waals surface area (Å²) in [6.07, 6.45) is 1.02. The highest BCUT2D eigenvalue weighted by Crippen LogP contribution is 2.25. The van der Waals surface area contributed by atoms with E-state index >= 15 is 0 Å². The van der Waals surface area contributed by atoms with Crippen molar-refractivity contribution in [1.82, 2.24) is 4.90 Å². The molecule has 0 bridgehead atoms. The van der Waals surface area contributed by atoms with Gasteiger partial charge in [0.25, 0.3) is 0 Å². The van der Waals surface area contributed by atoms with E-state index in [2.05, 4.69) is 30.9 Å². The van der Waals surface area contributed by atoms with Gasteiger partial charge in [0.05, 0.1) is 6.61 Å². The second-order valence-corrected chi connectivity index (χ2v) is 5.97. The third-order valence-corrected chi connectivity index (χ3v) is 4.18. The molecule has 21 heavy (non-hydrogen) atoms. The summed E-state index contributed by atoms with van der Waals surface area (Å²) in [6, 6.07) is 5.81. The maximum atomic E-state index is 9.05. The topological polar surface area (TPSA) is 85.3 Å². The Hall–Kier alpha value is -1.31. The SMILES string of the molecule is N/C(=N/O)c1cc(Br)ccc1N1CCCN(CCO)CC1. The molecule has 0 saturated carbocycles. The number of nitrogens with two attached hydrogens (primary N) is 1. The third kappa shape index (κ3) is 4.09. The molecule has 2 rings (SSSR count). The zero-order valence-electron chi connectivity index (χ0n) is 11.9. The number of β-amino-alcohol motifs (C(OH)–C–C–N with tert-alkyl or cyclic N) is 1. The summed E-state index contributed by atoms with van der Waals surface area (Å²) < 4.78 is 0.893. The molecule has 1 fully saturated rings. The van der Waals surface area contributed by atoms with Crippen LogP contribution in [0.25, 0.3) is 0 Å². The van der Waals surface area contributed by atoms with Crippen LogP contribution in [0.1, 0.15) is 12.0 Å². The van der Waals surface area contributed by atoms with E-state index < -0.39 is 0 Å². The minimum atomic E-state index is 0.114. The summed E-state index contributed by atoms with van der Waals surface area (Å²) in [7, 11) is 0. The molecular formula is C14H21BrN4O2. The normalized spacial score (nSPS) is 17.8. The highest BCUT2D eigenvalue weighted by atomic mass is 79.9. The number of halogens is 1. The fourth-order valence-corrected chi connectivity index (χ4v) is 2.98. The minimum absolute atomic E-state index is 0.114. The quantitative estimate of drug-likeness (QED) is 0.325. The van der Waals surface area contributed by atoms with Crippen LogP contribution in [-0.4, -0.2) is 60.4 Å². The molecule has 0 unspecified atom stereocenters. The molecule has 1 aromatic carbocycles. The number of amidine groups is 1. The summed E-state index contributed by atoms with van der Waals surface area (Å²) >= 11 is 3.42. The van der Waals surface area contributed by atoms with Gasteiger partial charge in [0, 0.05) is 41.9 Å². The molecule has 0 atom stereocenters. The van der Waals surface area contributed by atoms with Crippen molar-refractivity contribution in [1.29, 1.82) is 0 Å². The number of hydrogen-bond acceptors (Lipinski definition) is 5. The van der Waals surface area contributed by atoms with Gasteiger partial charge >= 0.3 is 0 Å². The van der Waals surface area contributed by atoms with Crippen molar-refractivity contribution >= 4 is 27.5 Å². The van der Waals surface area contributed by atoms with Crippen LogP contribution in [0, 0.1) is 0 Å². The van der Waals surface area contributed by atoms with E-state index in [4.69, 9.17) is 16.0 Å². The van der Waals surface area contributed by atoms with Gasteiger partial charge in [-0.3, -0.25) is 4.90 Å². The Morgan fingerprint density at radius 2 is 2.10 bits per heavy atom. The molecule has 0 aromatic heterocycles. The van der Waals surface area contributed by atoms with E-state index in [0.717, 1.165) is 48.3 Å². The van der Waals surface area contributed by atoms with Crippen LogP contribution in [0.4, 0.5) is 5.69 Å². The second-order valence-electron chi connectivity index (χ2n) is 5.05. The highest BCUT2D eigenvalue weighted by Gasteiger charge is 2.18. The van der Waals surface area contributed by atoms with Crippen LogP contribution >= 0.6 is 15.9 Å². The molecule has 0 radical (unpaired) electrons. The summed E-state index contributed by atoms with van der Waals surface area (Å²) in [4.78, 5) is 4.50. The van der Waals surface area contributed by atoms with E-state index in [1.807, 2.05) is 18.2 Å². The lowest BCUT2D eigenvalue weighted by atomic mass is 10.1. The summed E-state index contributed by atoms with van der Waals surface area (Å²) in [6.45, 7) is 4.54. The van der Waals surface area contributed by atoms with Crippen LogP contribution in [0.2, 0.25) is 0 Å². The Bertz CT molecular complexity index is 510. The zero-order chi connectivity index (χ0) is 15.2. The molecule has 4 N–H and O–H groups in total. The van der Waals surface area contributed by atoms with Gasteiger partial charge in [-0.2, -0.15) is 0 Å². The predicted molar refractivity (Wildman–Crippen MR) is 87.0 cm³/mol. The van der Waals surface area contributed by atoms with Gasteiger partial charge in [0.15, 0.2) is 5.84 Å². The van der Waals surface area contributed by atoms with Crippen molar-refractivity contribution in [2.45, 2.75) is 6.42 Å². The van der Waals surface area contributed by atoms with E-state index in [1.54, 1.807) is 0 Å². The van der Waals surface area contributed by atoms with Gasteiger partial charge in [-0.15, -0.1) is 0 Å². The molecule has 0 aliphatic carbocycles. The molecule has 1 heterocycles. The number of hydrogen-bond donors (Lipinski definition) is 3. The molecule has 1 aliphatic rings. The Labute approximate surface area is 133 Å². The summed E-state index contributed by atoms with van der Waals surface area (Å²) in [5.41, 5.74) is 7.49. The molecule has 1 aliphatic heterocycles. The molecule has 0 spiro atoms. The number of aliphatic hydroxyl groups is 1. The fraction of sp³-hybridized carbons (Fsp3) is 0.500. The lowest BCUT2D eigenvalue weighted by molar-refractivity contribution is 0.204. The number of aliphatic hydroxyl groups excluding tert-OH is 1. The number of benzene rings is 1. The summed E-state index contributed by atoms with van der Waals surface area (Å²) in [5.74, 6) is 0.114. The molecule has 1 aromatic rings. The van der Waals surface area contributed by atoms with Crippen LogP contribution in [0.3, 0.4) is 0 Å². The van der Waals surface area contributed by atoms with Gasteiger partial charge in [-0.1, -0.05) is 21.1 Å². The van der Waals surface area contributed by atoms with Crippen molar-refractivity contribution in [3.05, 3.63) is 28.2 Å². The van der Waals surface area contributed by atoms with E-state index in [0.29, 0.717) is 6.54 Å². The zero-order valence-corrected chi connectivity index (χ0v) is 13.5. The van der Waals surface area contributed by atoms with Gasteiger partial charge in [-0.25, -0.2) is 0 Å². The van der Waals surface area contributed by atoms with E-state index in [9.17, 15) is 0 Å². The van der Waals surface area contributed by atoms with Crippen LogP contribution in [-0.2, 0) is 0 Å². The van der Waals surface area contributed by atoms with Crippen molar-refractivity contribution in [2.75, 3.05) is 44.2 Å². The Morgan fingerprint density at radius 3 is 2.81 bits per heavy atom. The molecule has 0 amide bonds. The molecule has 7 heteroatoms. The van der Waals surface area contributed by atoms with Crippen molar-refractivity contribution in [3.8, 4) is 0 Å².